The van der Waals surface area contributed by atoms with Crippen LogP contribution in [0.15, 0.2) is 54.1 Å². The Morgan fingerprint density at radius 2 is 1.51 bits per heavy atom. The van der Waals surface area contributed by atoms with Gasteiger partial charge in [-0.25, -0.2) is 4.39 Å². The van der Waals surface area contributed by atoms with Crippen LogP contribution in [0.2, 0.25) is 0 Å². The van der Waals surface area contributed by atoms with Gasteiger partial charge in [-0.2, -0.15) is 0 Å². The number of aliphatic hydroxyl groups excluding tert-OH is 1. The summed E-state index contributed by atoms with van der Waals surface area (Å²) in [4.78, 5) is 30.4. The maximum absolute atomic E-state index is 13.5. The van der Waals surface area contributed by atoms with Crippen molar-refractivity contribution < 1.29 is 23.8 Å². The lowest BCUT2D eigenvalue weighted by Gasteiger charge is -2.27. The summed E-state index contributed by atoms with van der Waals surface area (Å²) in [5, 5.41) is 11.1. The lowest BCUT2D eigenvalue weighted by Crippen LogP contribution is -2.34. The third-order valence-corrected chi connectivity index (χ3v) is 6.69. The second kappa shape index (κ2) is 13.9. The van der Waals surface area contributed by atoms with E-state index in [0.717, 1.165) is 45.3 Å². The number of ether oxygens (including phenoxy) is 1. The highest BCUT2D eigenvalue weighted by molar-refractivity contribution is 6.46. The van der Waals surface area contributed by atoms with Crippen molar-refractivity contribution in [3.8, 4) is 5.75 Å². The minimum Gasteiger partial charge on any atom is -0.507 e. The predicted molar refractivity (Wildman–Crippen MR) is 144 cm³/mol. The van der Waals surface area contributed by atoms with Crippen LogP contribution in [0.5, 0.6) is 5.75 Å². The van der Waals surface area contributed by atoms with Crippen molar-refractivity contribution in [2.45, 2.75) is 58.9 Å². The summed E-state index contributed by atoms with van der Waals surface area (Å²) in [7, 11) is 0. The minimum atomic E-state index is -0.736. The highest BCUT2D eigenvalue weighted by atomic mass is 19.1. The normalized spacial score (nSPS) is 17.1. The average Bonchev–Trinajstić information content (AvgIpc) is 3.15. The van der Waals surface area contributed by atoms with Gasteiger partial charge in [0.2, 0.25) is 0 Å². The van der Waals surface area contributed by atoms with E-state index in [-0.39, 0.29) is 11.3 Å². The zero-order chi connectivity index (χ0) is 26.8. The van der Waals surface area contributed by atoms with E-state index in [1.54, 1.807) is 17.0 Å². The Labute approximate surface area is 219 Å². The Kier molecular flexibility index (Phi) is 10.7. The lowest BCUT2D eigenvalue weighted by atomic mass is 9.95. The van der Waals surface area contributed by atoms with E-state index in [9.17, 15) is 19.1 Å². The molecule has 3 rings (SSSR count). The maximum atomic E-state index is 13.5. The van der Waals surface area contributed by atoms with Gasteiger partial charge in [-0.1, -0.05) is 38.8 Å². The zero-order valence-electron chi connectivity index (χ0n) is 22.2. The topological polar surface area (TPSA) is 70.1 Å². The fourth-order valence-corrected chi connectivity index (χ4v) is 4.70. The van der Waals surface area contributed by atoms with Gasteiger partial charge in [0.1, 0.15) is 17.3 Å². The number of nitrogens with zero attached hydrogens (tertiary/aromatic N) is 2. The number of benzene rings is 2. The Hall–Kier alpha value is -3.19. The lowest BCUT2D eigenvalue weighted by molar-refractivity contribution is -0.140. The van der Waals surface area contributed by atoms with E-state index in [1.807, 2.05) is 19.1 Å². The van der Waals surface area contributed by atoms with E-state index >= 15 is 0 Å². The van der Waals surface area contributed by atoms with E-state index in [1.165, 1.54) is 24.3 Å². The Bertz CT molecular complexity index is 1060. The summed E-state index contributed by atoms with van der Waals surface area (Å²) >= 11 is 0. The van der Waals surface area contributed by atoms with Crippen molar-refractivity contribution in [2.75, 3.05) is 32.8 Å². The first-order valence-electron chi connectivity index (χ1n) is 13.4. The van der Waals surface area contributed by atoms with Crippen LogP contribution in [-0.4, -0.2) is 59.4 Å². The molecule has 1 heterocycles. The molecule has 1 saturated heterocycles. The molecular formula is C30H39FN2O4. The summed E-state index contributed by atoms with van der Waals surface area (Å²) in [6.45, 7) is 10.0. The van der Waals surface area contributed by atoms with Gasteiger partial charge in [-0.3, -0.25) is 9.59 Å². The van der Waals surface area contributed by atoms with Gasteiger partial charge in [-0.15, -0.1) is 0 Å². The smallest absolute Gasteiger partial charge is 0.295 e. The highest BCUT2D eigenvalue weighted by Gasteiger charge is 2.45. The molecule has 0 radical (unpaired) electrons. The standard InChI is InChI=1S/C30H39FN2O4/c1-4-7-18-32(19-8-5-2)20-9-21-33-27(22-12-16-25(17-13-22)37-6-3)26(29(35)30(33)36)28(34)23-10-14-24(31)15-11-23/h10-17,27,34H,4-9,18-21H2,1-3H3/t27-/m1/s1. The van der Waals surface area contributed by atoms with Crippen LogP contribution in [0.4, 0.5) is 4.39 Å². The van der Waals surface area contributed by atoms with Crippen molar-refractivity contribution in [3.05, 3.63) is 71.0 Å². The average molecular weight is 511 g/mol. The number of unbranched alkanes of at least 4 members (excludes halogenated alkanes) is 2. The summed E-state index contributed by atoms with van der Waals surface area (Å²) in [6.07, 6.45) is 5.21. The first kappa shape index (κ1) is 28.4. The molecule has 1 fully saturated rings. The van der Waals surface area contributed by atoms with E-state index in [0.29, 0.717) is 36.4 Å². The van der Waals surface area contributed by atoms with Crippen LogP contribution in [0, 0.1) is 5.82 Å². The Morgan fingerprint density at radius 1 is 0.919 bits per heavy atom. The molecule has 200 valence electrons. The molecule has 1 atom stereocenters. The van der Waals surface area contributed by atoms with Crippen LogP contribution in [0.25, 0.3) is 5.76 Å². The molecule has 0 unspecified atom stereocenters. The monoisotopic (exact) mass is 510 g/mol. The molecule has 37 heavy (non-hydrogen) atoms. The number of ketones is 1. The molecule has 0 bridgehead atoms. The van der Waals surface area contributed by atoms with Crippen molar-refractivity contribution in [1.29, 1.82) is 0 Å². The fourth-order valence-electron chi connectivity index (χ4n) is 4.70. The number of amides is 1. The molecule has 2 aromatic carbocycles. The first-order chi connectivity index (χ1) is 17.9. The number of carbonyl (C=O) groups is 2. The van der Waals surface area contributed by atoms with Gasteiger partial charge in [0.25, 0.3) is 11.7 Å². The van der Waals surface area contributed by atoms with Gasteiger partial charge in [0, 0.05) is 12.1 Å². The van der Waals surface area contributed by atoms with Crippen LogP contribution < -0.4 is 4.74 Å². The molecule has 0 spiro atoms. The molecule has 1 aliphatic heterocycles. The summed E-state index contributed by atoms with van der Waals surface area (Å²) < 4.78 is 19.0. The number of carbonyl (C=O) groups excluding carboxylic acids is 2. The van der Waals surface area contributed by atoms with Gasteiger partial charge >= 0.3 is 0 Å². The van der Waals surface area contributed by atoms with Crippen LogP contribution in [0.1, 0.15) is 70.0 Å². The molecule has 0 aromatic heterocycles. The number of halogens is 1. The molecule has 0 aliphatic carbocycles. The maximum Gasteiger partial charge on any atom is 0.295 e. The third-order valence-electron chi connectivity index (χ3n) is 6.69. The molecule has 7 heteroatoms. The molecule has 0 saturated carbocycles. The number of aliphatic hydroxyl groups is 1. The zero-order valence-corrected chi connectivity index (χ0v) is 22.2. The Balaban J connectivity index is 1.92. The molecule has 6 nitrogen and oxygen atoms in total. The van der Waals surface area contributed by atoms with Crippen LogP contribution in [-0.2, 0) is 9.59 Å². The van der Waals surface area contributed by atoms with Gasteiger partial charge in [0.15, 0.2) is 0 Å². The number of rotatable bonds is 14. The van der Waals surface area contributed by atoms with Crippen molar-refractivity contribution in [2.24, 2.45) is 0 Å². The minimum absolute atomic E-state index is 0.0228. The summed E-state index contributed by atoms with van der Waals surface area (Å²) in [5.74, 6) is -1.42. The summed E-state index contributed by atoms with van der Waals surface area (Å²) in [6, 6.07) is 11.8. The molecule has 1 aliphatic rings. The van der Waals surface area contributed by atoms with Gasteiger partial charge in [0.05, 0.1) is 18.2 Å². The van der Waals surface area contributed by atoms with Gasteiger partial charge < -0.3 is 19.6 Å². The van der Waals surface area contributed by atoms with Gasteiger partial charge in [-0.05, 0) is 87.8 Å². The van der Waals surface area contributed by atoms with Crippen molar-refractivity contribution >= 4 is 17.4 Å². The van der Waals surface area contributed by atoms with Crippen LogP contribution in [0.3, 0.4) is 0 Å². The van der Waals surface area contributed by atoms with E-state index in [4.69, 9.17) is 4.74 Å². The molecule has 2 aromatic rings. The second-order valence-corrected chi connectivity index (χ2v) is 9.40. The molecule has 1 N–H and O–H groups in total. The third kappa shape index (κ3) is 7.19. The fraction of sp³-hybridized carbons (Fsp3) is 0.467. The number of hydrogen-bond donors (Lipinski definition) is 1. The SMILES string of the molecule is CCCCN(CCCC)CCCN1C(=O)C(=O)C(=C(O)c2ccc(F)cc2)[C@H]1c1ccc(OCC)cc1. The van der Waals surface area contributed by atoms with Crippen LogP contribution >= 0.6 is 0 Å². The largest absolute Gasteiger partial charge is 0.507 e. The number of Topliss-reactive ketones (excluding diaryl/α,β-unsaturated/α-hetero) is 1. The summed E-state index contributed by atoms with van der Waals surface area (Å²) in [5.41, 5.74) is 1.02. The molecular weight excluding hydrogens is 471 g/mol. The van der Waals surface area contributed by atoms with Crippen molar-refractivity contribution in [1.82, 2.24) is 9.80 Å². The quantitative estimate of drug-likeness (QED) is 0.194. The predicted octanol–water partition coefficient (Wildman–Crippen LogP) is 5.94. The van der Waals surface area contributed by atoms with Crippen molar-refractivity contribution in [3.63, 3.8) is 0 Å². The second-order valence-electron chi connectivity index (χ2n) is 9.40. The Morgan fingerprint density at radius 3 is 2.08 bits per heavy atom. The van der Waals surface area contributed by atoms with E-state index < -0.39 is 23.5 Å². The number of hydrogen-bond acceptors (Lipinski definition) is 5. The van der Waals surface area contributed by atoms with E-state index in [2.05, 4.69) is 18.7 Å². The molecule has 1 amide bonds. The highest BCUT2D eigenvalue weighted by Crippen LogP contribution is 2.40. The first-order valence-corrected chi connectivity index (χ1v) is 13.4. The number of likely N-dealkylation sites (tertiary alicyclic amines) is 1.